The third-order valence-electron chi connectivity index (χ3n) is 5.06. The molecule has 0 aliphatic carbocycles. The monoisotopic (exact) mass is 535 g/mol. The third kappa shape index (κ3) is 5.78. The maximum Gasteiger partial charge on any atom is 0.293 e. The number of rotatable bonds is 7. The van der Waals surface area contributed by atoms with Crippen LogP contribution >= 0.6 is 35.0 Å². The SMILES string of the molecule is COc1cc(/C=C2\SC(=O)N(Cc3ccc(F)cc3Cl)C2=O)cc(Cl)c1OCc1ccc(F)cc1. The van der Waals surface area contributed by atoms with Crippen molar-refractivity contribution in [2.45, 2.75) is 13.2 Å². The van der Waals surface area contributed by atoms with Crippen LogP contribution in [0, 0.1) is 11.6 Å². The van der Waals surface area contributed by atoms with Gasteiger partial charge in [0, 0.05) is 5.02 Å². The number of hydrogen-bond donors (Lipinski definition) is 0. The van der Waals surface area contributed by atoms with Crippen molar-refractivity contribution in [1.29, 1.82) is 0 Å². The van der Waals surface area contributed by atoms with Gasteiger partial charge in [-0.3, -0.25) is 14.5 Å². The molecule has 0 saturated carbocycles. The molecule has 1 aliphatic heterocycles. The van der Waals surface area contributed by atoms with Gasteiger partial charge in [-0.05, 0) is 70.9 Å². The second-order valence-corrected chi connectivity index (χ2v) is 9.26. The van der Waals surface area contributed by atoms with E-state index in [1.807, 2.05) is 0 Å². The van der Waals surface area contributed by atoms with Gasteiger partial charge >= 0.3 is 0 Å². The van der Waals surface area contributed by atoms with Crippen molar-refractivity contribution in [2.75, 3.05) is 7.11 Å². The van der Waals surface area contributed by atoms with Crippen LogP contribution in [0.2, 0.25) is 10.0 Å². The summed E-state index contributed by atoms with van der Waals surface area (Å²) in [6, 6.07) is 12.8. The first-order chi connectivity index (χ1) is 16.7. The molecule has 0 radical (unpaired) electrons. The number of carbonyl (C=O) groups is 2. The molecule has 0 aromatic heterocycles. The average molecular weight is 536 g/mol. The topological polar surface area (TPSA) is 55.8 Å². The first kappa shape index (κ1) is 25.0. The van der Waals surface area contributed by atoms with E-state index in [0.29, 0.717) is 16.9 Å². The highest BCUT2D eigenvalue weighted by atomic mass is 35.5. The normalized spacial score (nSPS) is 14.7. The number of halogens is 4. The van der Waals surface area contributed by atoms with Gasteiger partial charge in [-0.25, -0.2) is 8.78 Å². The molecule has 0 spiro atoms. The van der Waals surface area contributed by atoms with Crippen LogP contribution in [0.4, 0.5) is 13.6 Å². The standard InChI is InChI=1S/C25H17Cl2F2NO4S/c1-33-21-9-15(8-20(27)23(21)34-13-14-2-5-17(28)6-3-14)10-22-24(31)30(25(32)35-22)12-16-4-7-18(29)11-19(16)26/h2-11H,12-13H2,1H3/b22-10-. The molecule has 1 aliphatic rings. The fourth-order valence-electron chi connectivity index (χ4n) is 3.31. The van der Waals surface area contributed by atoms with Crippen molar-refractivity contribution in [1.82, 2.24) is 4.90 Å². The lowest BCUT2D eigenvalue weighted by molar-refractivity contribution is -0.123. The van der Waals surface area contributed by atoms with Crippen LogP contribution in [-0.4, -0.2) is 23.2 Å². The fraction of sp³-hybridized carbons (Fsp3) is 0.120. The van der Waals surface area contributed by atoms with Crippen molar-refractivity contribution >= 4 is 52.2 Å². The summed E-state index contributed by atoms with van der Waals surface area (Å²) >= 11 is 13.2. The van der Waals surface area contributed by atoms with Crippen LogP contribution in [0.3, 0.4) is 0 Å². The molecule has 0 unspecified atom stereocenters. The Hall–Kier alpha value is -3.07. The Morgan fingerprint density at radius 2 is 1.69 bits per heavy atom. The van der Waals surface area contributed by atoms with E-state index in [2.05, 4.69) is 0 Å². The number of benzene rings is 3. The zero-order chi connectivity index (χ0) is 25.1. The van der Waals surface area contributed by atoms with E-state index in [1.165, 1.54) is 37.5 Å². The van der Waals surface area contributed by atoms with Gasteiger partial charge in [0.2, 0.25) is 0 Å². The molecular formula is C25H17Cl2F2NO4S. The number of thioether (sulfide) groups is 1. The minimum atomic E-state index is -0.510. The molecule has 3 aromatic rings. The van der Waals surface area contributed by atoms with E-state index in [-0.39, 0.29) is 39.7 Å². The maximum absolute atomic E-state index is 13.3. The van der Waals surface area contributed by atoms with Gasteiger partial charge in [-0.2, -0.15) is 0 Å². The second-order valence-electron chi connectivity index (χ2n) is 7.45. The van der Waals surface area contributed by atoms with E-state index in [0.717, 1.165) is 28.3 Å². The number of carbonyl (C=O) groups excluding carboxylic acids is 2. The Morgan fingerprint density at radius 3 is 2.37 bits per heavy atom. The quantitative estimate of drug-likeness (QED) is 0.302. The van der Waals surface area contributed by atoms with Gasteiger partial charge in [-0.15, -0.1) is 0 Å². The molecule has 1 fully saturated rings. The molecule has 1 heterocycles. The minimum Gasteiger partial charge on any atom is -0.493 e. The van der Waals surface area contributed by atoms with Gasteiger partial charge in [-0.1, -0.05) is 41.4 Å². The summed E-state index contributed by atoms with van der Waals surface area (Å²) in [7, 11) is 1.44. The predicted molar refractivity (Wildman–Crippen MR) is 132 cm³/mol. The van der Waals surface area contributed by atoms with E-state index in [9.17, 15) is 18.4 Å². The Morgan fingerprint density at radius 1 is 0.971 bits per heavy atom. The number of amides is 2. The van der Waals surface area contributed by atoms with Crippen LogP contribution < -0.4 is 9.47 Å². The van der Waals surface area contributed by atoms with Crippen LogP contribution in [0.5, 0.6) is 11.5 Å². The number of nitrogens with zero attached hydrogens (tertiary/aromatic N) is 1. The highest BCUT2D eigenvalue weighted by molar-refractivity contribution is 8.18. The summed E-state index contributed by atoms with van der Waals surface area (Å²) in [5, 5.41) is -0.116. The lowest BCUT2D eigenvalue weighted by Gasteiger charge is -2.14. The molecule has 10 heteroatoms. The van der Waals surface area contributed by atoms with Crippen LogP contribution in [0.25, 0.3) is 6.08 Å². The van der Waals surface area contributed by atoms with Crippen LogP contribution in [0.1, 0.15) is 16.7 Å². The van der Waals surface area contributed by atoms with Gasteiger partial charge in [0.1, 0.15) is 18.2 Å². The zero-order valence-electron chi connectivity index (χ0n) is 18.2. The van der Waals surface area contributed by atoms with Gasteiger partial charge in [0.05, 0.1) is 23.6 Å². The molecule has 3 aromatic carbocycles. The van der Waals surface area contributed by atoms with Crippen molar-refractivity contribution in [3.63, 3.8) is 0 Å². The maximum atomic E-state index is 13.3. The largest absolute Gasteiger partial charge is 0.493 e. The molecule has 0 atom stereocenters. The summed E-state index contributed by atoms with van der Waals surface area (Å²) in [6.07, 6.45) is 1.52. The van der Waals surface area contributed by atoms with E-state index >= 15 is 0 Å². The molecule has 1 saturated heterocycles. The number of hydrogen-bond acceptors (Lipinski definition) is 5. The molecule has 0 bridgehead atoms. The van der Waals surface area contributed by atoms with Crippen molar-refractivity contribution in [3.05, 3.63) is 97.9 Å². The average Bonchev–Trinajstić information content (AvgIpc) is 3.08. The Bertz CT molecular complexity index is 1330. The molecule has 180 valence electrons. The van der Waals surface area contributed by atoms with Crippen LogP contribution in [0.15, 0.2) is 59.5 Å². The summed E-state index contributed by atoms with van der Waals surface area (Å²) in [6.45, 7) is 0.0574. The molecule has 0 N–H and O–H groups in total. The van der Waals surface area contributed by atoms with Crippen molar-refractivity contribution in [2.24, 2.45) is 0 Å². The molecule has 2 amide bonds. The van der Waals surface area contributed by atoms with E-state index < -0.39 is 17.0 Å². The highest BCUT2D eigenvalue weighted by Gasteiger charge is 2.35. The Labute approximate surface area is 214 Å². The van der Waals surface area contributed by atoms with Gasteiger partial charge in [0.15, 0.2) is 11.5 Å². The number of imide groups is 1. The van der Waals surface area contributed by atoms with Gasteiger partial charge in [0.25, 0.3) is 11.1 Å². The Kier molecular flexibility index (Phi) is 7.64. The van der Waals surface area contributed by atoms with Gasteiger partial charge < -0.3 is 9.47 Å². The third-order valence-corrected chi connectivity index (χ3v) is 6.60. The minimum absolute atomic E-state index is 0.0820. The summed E-state index contributed by atoms with van der Waals surface area (Å²) < 4.78 is 37.6. The van der Waals surface area contributed by atoms with Crippen molar-refractivity contribution in [3.8, 4) is 11.5 Å². The zero-order valence-corrected chi connectivity index (χ0v) is 20.5. The van der Waals surface area contributed by atoms with Crippen molar-refractivity contribution < 1.29 is 27.8 Å². The molecule has 4 rings (SSSR count). The lowest BCUT2D eigenvalue weighted by Crippen LogP contribution is -2.27. The smallest absolute Gasteiger partial charge is 0.293 e. The second kappa shape index (κ2) is 10.7. The molecular weight excluding hydrogens is 519 g/mol. The summed E-state index contributed by atoms with van der Waals surface area (Å²) in [5.74, 6) is -0.757. The highest BCUT2D eigenvalue weighted by Crippen LogP contribution is 2.39. The predicted octanol–water partition coefficient (Wildman–Crippen LogP) is 7.10. The molecule has 5 nitrogen and oxygen atoms in total. The summed E-state index contributed by atoms with van der Waals surface area (Å²) in [4.78, 5) is 26.6. The van der Waals surface area contributed by atoms with E-state index in [1.54, 1.807) is 24.3 Å². The van der Waals surface area contributed by atoms with E-state index in [4.69, 9.17) is 32.7 Å². The summed E-state index contributed by atoms with van der Waals surface area (Å²) in [5.41, 5.74) is 1.71. The molecule has 35 heavy (non-hydrogen) atoms. The first-order valence-electron chi connectivity index (χ1n) is 10.2. The first-order valence-corrected chi connectivity index (χ1v) is 11.8. The van der Waals surface area contributed by atoms with Crippen LogP contribution in [-0.2, 0) is 17.9 Å². The number of ether oxygens (including phenoxy) is 2. The fourth-order valence-corrected chi connectivity index (χ4v) is 4.65. The lowest BCUT2D eigenvalue weighted by atomic mass is 10.1. The number of methoxy groups -OCH3 is 1. The Balaban J connectivity index is 1.53.